The Kier molecular flexibility index (Phi) is 5.09. The Labute approximate surface area is 150 Å². The van der Waals surface area contributed by atoms with Gasteiger partial charge in [0.1, 0.15) is 6.42 Å². The SMILES string of the molecule is Cc1cc(Cl)ccc1NC(=O)CC(=O)NCc1ccc2c(c1)OCO2. The number of rotatable bonds is 5. The van der Waals surface area contributed by atoms with E-state index in [2.05, 4.69) is 10.6 Å². The van der Waals surface area contributed by atoms with Crippen LogP contribution in [0.2, 0.25) is 5.02 Å². The Hall–Kier alpha value is -2.73. The zero-order valence-corrected chi connectivity index (χ0v) is 14.4. The van der Waals surface area contributed by atoms with Gasteiger partial charge in [-0.1, -0.05) is 17.7 Å². The normalized spacial score (nSPS) is 11.9. The van der Waals surface area contributed by atoms with Crippen molar-refractivity contribution >= 4 is 29.1 Å². The van der Waals surface area contributed by atoms with E-state index in [0.717, 1.165) is 11.1 Å². The number of carbonyl (C=O) groups is 2. The first-order valence-electron chi connectivity index (χ1n) is 7.72. The lowest BCUT2D eigenvalue weighted by atomic mass is 10.2. The lowest BCUT2D eigenvalue weighted by Gasteiger charge is -2.09. The quantitative estimate of drug-likeness (QED) is 0.803. The third-order valence-corrected chi connectivity index (χ3v) is 3.95. The molecule has 1 heterocycles. The van der Waals surface area contributed by atoms with Crippen molar-refractivity contribution in [1.29, 1.82) is 0 Å². The molecule has 1 aliphatic rings. The maximum Gasteiger partial charge on any atom is 0.233 e. The minimum Gasteiger partial charge on any atom is -0.454 e. The molecule has 2 aromatic carbocycles. The molecule has 2 N–H and O–H groups in total. The smallest absolute Gasteiger partial charge is 0.233 e. The summed E-state index contributed by atoms with van der Waals surface area (Å²) in [6.45, 7) is 2.35. The van der Waals surface area contributed by atoms with Gasteiger partial charge in [0.25, 0.3) is 0 Å². The summed E-state index contributed by atoms with van der Waals surface area (Å²) in [5, 5.41) is 6.01. The highest BCUT2D eigenvalue weighted by atomic mass is 35.5. The molecule has 0 fully saturated rings. The molecule has 0 aliphatic carbocycles. The van der Waals surface area contributed by atoms with Gasteiger partial charge in [0.15, 0.2) is 11.5 Å². The van der Waals surface area contributed by atoms with E-state index in [4.69, 9.17) is 21.1 Å². The lowest BCUT2D eigenvalue weighted by molar-refractivity contribution is -0.126. The molecule has 0 saturated heterocycles. The lowest BCUT2D eigenvalue weighted by Crippen LogP contribution is -2.27. The molecule has 6 nitrogen and oxygen atoms in total. The summed E-state index contributed by atoms with van der Waals surface area (Å²) in [5.74, 6) is 0.603. The van der Waals surface area contributed by atoms with E-state index in [1.54, 1.807) is 30.3 Å². The first kappa shape index (κ1) is 17.1. The van der Waals surface area contributed by atoms with Gasteiger partial charge in [-0.2, -0.15) is 0 Å². The number of hydrogen-bond acceptors (Lipinski definition) is 4. The molecule has 0 unspecified atom stereocenters. The molecule has 3 rings (SSSR count). The number of anilines is 1. The third kappa shape index (κ3) is 4.42. The zero-order chi connectivity index (χ0) is 17.8. The van der Waals surface area contributed by atoms with E-state index < -0.39 is 0 Å². The largest absolute Gasteiger partial charge is 0.454 e. The van der Waals surface area contributed by atoms with Crippen molar-refractivity contribution < 1.29 is 19.1 Å². The van der Waals surface area contributed by atoms with Crippen molar-refractivity contribution in [2.45, 2.75) is 19.9 Å². The Balaban J connectivity index is 1.49. The van der Waals surface area contributed by atoms with Crippen LogP contribution in [-0.2, 0) is 16.1 Å². The van der Waals surface area contributed by atoms with Crippen LogP contribution in [0.15, 0.2) is 36.4 Å². The molecule has 7 heteroatoms. The minimum absolute atomic E-state index is 0.204. The third-order valence-electron chi connectivity index (χ3n) is 3.71. The van der Waals surface area contributed by atoms with E-state index in [1.165, 1.54) is 0 Å². The minimum atomic E-state index is -0.381. The number of amides is 2. The number of hydrogen-bond donors (Lipinski definition) is 2. The van der Waals surface area contributed by atoms with Crippen LogP contribution in [0, 0.1) is 6.92 Å². The predicted molar refractivity (Wildman–Crippen MR) is 93.8 cm³/mol. The number of carbonyl (C=O) groups excluding carboxylic acids is 2. The number of benzene rings is 2. The second-order valence-corrected chi connectivity index (χ2v) is 6.08. The van der Waals surface area contributed by atoms with Gasteiger partial charge in [-0.25, -0.2) is 0 Å². The van der Waals surface area contributed by atoms with Gasteiger partial charge in [-0.3, -0.25) is 9.59 Å². The Morgan fingerprint density at radius 3 is 2.68 bits per heavy atom. The van der Waals surface area contributed by atoms with E-state index >= 15 is 0 Å². The average Bonchev–Trinajstić information content (AvgIpc) is 3.03. The number of fused-ring (bicyclic) bond motifs is 1. The van der Waals surface area contributed by atoms with Gasteiger partial charge in [0.05, 0.1) is 0 Å². The van der Waals surface area contributed by atoms with Gasteiger partial charge in [-0.15, -0.1) is 0 Å². The maximum absolute atomic E-state index is 12.0. The van der Waals surface area contributed by atoms with Crippen molar-refractivity contribution in [3.8, 4) is 11.5 Å². The standard InChI is InChI=1S/C18H17ClN2O4/c1-11-6-13(19)3-4-14(11)21-18(23)8-17(22)20-9-12-2-5-15-16(7-12)25-10-24-15/h2-7H,8-10H2,1H3,(H,20,22)(H,21,23). The van der Waals surface area contributed by atoms with Crippen LogP contribution in [0.25, 0.3) is 0 Å². The van der Waals surface area contributed by atoms with E-state index in [-0.39, 0.29) is 25.0 Å². The zero-order valence-electron chi connectivity index (χ0n) is 13.6. The summed E-state index contributed by atoms with van der Waals surface area (Å²) < 4.78 is 10.5. The summed E-state index contributed by atoms with van der Waals surface area (Å²) in [5.41, 5.74) is 2.34. The van der Waals surface area contributed by atoms with Gasteiger partial charge in [0.2, 0.25) is 18.6 Å². The van der Waals surface area contributed by atoms with Gasteiger partial charge in [0, 0.05) is 17.3 Å². The van der Waals surface area contributed by atoms with E-state index in [9.17, 15) is 9.59 Å². The molecule has 0 spiro atoms. The van der Waals surface area contributed by atoms with Crippen LogP contribution in [-0.4, -0.2) is 18.6 Å². The van der Waals surface area contributed by atoms with Gasteiger partial charge in [-0.05, 0) is 48.4 Å². The van der Waals surface area contributed by atoms with E-state index in [1.807, 2.05) is 13.0 Å². The summed E-state index contributed by atoms with van der Waals surface area (Å²) in [6.07, 6.45) is -0.257. The average molecular weight is 361 g/mol. The van der Waals surface area contributed by atoms with Crippen LogP contribution >= 0.6 is 11.6 Å². The predicted octanol–water partition coefficient (Wildman–Crippen LogP) is 3.02. The molecule has 0 atom stereocenters. The summed E-state index contributed by atoms with van der Waals surface area (Å²) in [4.78, 5) is 23.9. The highest BCUT2D eigenvalue weighted by Gasteiger charge is 2.14. The fraction of sp³-hybridized carbons (Fsp3) is 0.222. The molecular formula is C18H17ClN2O4. The topological polar surface area (TPSA) is 76.7 Å². The van der Waals surface area contributed by atoms with Crippen LogP contribution in [0.4, 0.5) is 5.69 Å². The van der Waals surface area contributed by atoms with Gasteiger partial charge < -0.3 is 20.1 Å². The number of halogens is 1. The molecule has 1 aliphatic heterocycles. The number of nitrogens with one attached hydrogen (secondary N) is 2. The number of aryl methyl sites for hydroxylation is 1. The molecule has 0 radical (unpaired) electrons. The fourth-order valence-electron chi connectivity index (χ4n) is 2.42. The second kappa shape index (κ2) is 7.44. The highest BCUT2D eigenvalue weighted by Crippen LogP contribution is 2.32. The fourth-order valence-corrected chi connectivity index (χ4v) is 2.65. The van der Waals surface area contributed by atoms with E-state index in [0.29, 0.717) is 28.8 Å². The summed E-state index contributed by atoms with van der Waals surface area (Å²) >= 11 is 5.88. The number of ether oxygens (including phenoxy) is 2. The van der Waals surface area contributed by atoms with Crippen LogP contribution in [0.1, 0.15) is 17.5 Å². The van der Waals surface area contributed by atoms with Crippen LogP contribution in [0.3, 0.4) is 0 Å². The van der Waals surface area contributed by atoms with Gasteiger partial charge >= 0.3 is 0 Å². The first-order chi connectivity index (χ1) is 12.0. The molecule has 0 aromatic heterocycles. The van der Waals surface area contributed by atoms with Crippen molar-refractivity contribution in [3.63, 3.8) is 0 Å². The molecule has 0 saturated carbocycles. The van der Waals surface area contributed by atoms with Crippen molar-refractivity contribution in [1.82, 2.24) is 5.32 Å². The second-order valence-electron chi connectivity index (χ2n) is 5.65. The van der Waals surface area contributed by atoms with Crippen LogP contribution < -0.4 is 20.1 Å². The molecule has 25 heavy (non-hydrogen) atoms. The monoisotopic (exact) mass is 360 g/mol. The maximum atomic E-state index is 12.0. The van der Waals surface area contributed by atoms with Crippen LogP contribution in [0.5, 0.6) is 11.5 Å². The first-order valence-corrected chi connectivity index (χ1v) is 8.10. The Morgan fingerprint density at radius 1 is 1.08 bits per heavy atom. The summed E-state index contributed by atoms with van der Waals surface area (Å²) in [7, 11) is 0. The molecule has 2 aromatic rings. The molecule has 130 valence electrons. The van der Waals surface area contributed by atoms with Crippen molar-refractivity contribution in [3.05, 3.63) is 52.5 Å². The highest BCUT2D eigenvalue weighted by molar-refractivity contribution is 6.30. The Bertz CT molecular complexity index is 823. The van der Waals surface area contributed by atoms with Crippen molar-refractivity contribution in [2.75, 3.05) is 12.1 Å². The van der Waals surface area contributed by atoms with Crippen molar-refractivity contribution in [2.24, 2.45) is 0 Å². The molecular weight excluding hydrogens is 344 g/mol. The Morgan fingerprint density at radius 2 is 1.88 bits per heavy atom. The summed E-state index contributed by atoms with van der Waals surface area (Å²) in [6, 6.07) is 10.6. The molecule has 0 bridgehead atoms. The molecule has 2 amide bonds.